The average molecular weight is 294 g/mol. The number of nitro groups is 1. The fourth-order valence-electron chi connectivity index (χ4n) is 2.48. The van der Waals surface area contributed by atoms with Gasteiger partial charge in [0.05, 0.1) is 4.92 Å². The molecule has 2 rings (SSSR count). The van der Waals surface area contributed by atoms with E-state index in [0.717, 1.165) is 19.4 Å². The van der Waals surface area contributed by atoms with Gasteiger partial charge in [0.1, 0.15) is 17.9 Å². The molecule has 1 aliphatic rings. The summed E-state index contributed by atoms with van der Waals surface area (Å²) in [5.74, 6) is -0.987. The molecule has 1 heterocycles. The van der Waals surface area contributed by atoms with E-state index in [4.69, 9.17) is 9.84 Å². The molecule has 114 valence electrons. The minimum absolute atomic E-state index is 0.294. The fourth-order valence-corrected chi connectivity index (χ4v) is 2.48. The molecule has 0 amide bonds. The molecule has 0 spiro atoms. The molecule has 0 bridgehead atoms. The predicted octanol–water partition coefficient (Wildman–Crippen LogP) is 2.16. The van der Waals surface area contributed by atoms with Crippen molar-refractivity contribution in [2.75, 3.05) is 20.2 Å². The van der Waals surface area contributed by atoms with Gasteiger partial charge < -0.3 is 14.7 Å². The second-order valence-electron chi connectivity index (χ2n) is 5.18. The van der Waals surface area contributed by atoms with Gasteiger partial charge >= 0.3 is 5.97 Å². The third kappa shape index (κ3) is 3.69. The van der Waals surface area contributed by atoms with Gasteiger partial charge in [0.25, 0.3) is 5.69 Å². The first-order chi connectivity index (χ1) is 9.99. The lowest BCUT2D eigenvalue weighted by Gasteiger charge is -2.32. The van der Waals surface area contributed by atoms with Crippen molar-refractivity contribution in [3.05, 3.63) is 33.9 Å². The first-order valence-electron chi connectivity index (χ1n) is 6.84. The summed E-state index contributed by atoms with van der Waals surface area (Å²) in [6, 6.07) is 4.11. The van der Waals surface area contributed by atoms with E-state index in [1.165, 1.54) is 24.6 Å². The molecule has 1 aliphatic heterocycles. The molecule has 1 aromatic carbocycles. The molecule has 0 aromatic heterocycles. The maximum Gasteiger partial charge on any atom is 0.342 e. The number of benzene rings is 1. The van der Waals surface area contributed by atoms with Crippen LogP contribution >= 0.6 is 0 Å². The van der Waals surface area contributed by atoms with Gasteiger partial charge in [0.2, 0.25) is 0 Å². The van der Waals surface area contributed by atoms with E-state index in [0.29, 0.717) is 18.4 Å². The lowest BCUT2D eigenvalue weighted by molar-refractivity contribution is -0.385. The van der Waals surface area contributed by atoms with Crippen molar-refractivity contribution < 1.29 is 19.6 Å². The second kappa shape index (κ2) is 6.53. The number of carboxylic acids is 1. The van der Waals surface area contributed by atoms with E-state index in [-0.39, 0.29) is 5.56 Å². The number of nitrogens with zero attached hydrogens (tertiary/aromatic N) is 2. The zero-order valence-corrected chi connectivity index (χ0v) is 11.8. The molecule has 1 fully saturated rings. The SMILES string of the molecule is CN1CCCCC1COc1ccc([N+](=O)[O-])c(C(=O)O)c1. The first kappa shape index (κ1) is 15.2. The van der Waals surface area contributed by atoms with Crippen LogP contribution in [0.15, 0.2) is 18.2 Å². The molecular weight excluding hydrogens is 276 g/mol. The second-order valence-corrected chi connectivity index (χ2v) is 5.18. The van der Waals surface area contributed by atoms with E-state index >= 15 is 0 Å². The summed E-state index contributed by atoms with van der Waals surface area (Å²) in [6.07, 6.45) is 3.36. The zero-order valence-electron chi connectivity index (χ0n) is 11.8. The van der Waals surface area contributed by atoms with E-state index in [1.54, 1.807) is 0 Å². The van der Waals surface area contributed by atoms with Crippen molar-refractivity contribution in [3.63, 3.8) is 0 Å². The van der Waals surface area contributed by atoms with Crippen LogP contribution < -0.4 is 4.74 Å². The molecule has 21 heavy (non-hydrogen) atoms. The predicted molar refractivity (Wildman–Crippen MR) is 75.8 cm³/mol. The van der Waals surface area contributed by atoms with Gasteiger partial charge in [-0.15, -0.1) is 0 Å². The monoisotopic (exact) mass is 294 g/mol. The maximum absolute atomic E-state index is 11.1. The fraction of sp³-hybridized carbons (Fsp3) is 0.500. The highest BCUT2D eigenvalue weighted by Crippen LogP contribution is 2.25. The summed E-state index contributed by atoms with van der Waals surface area (Å²) in [5.41, 5.74) is -0.779. The summed E-state index contributed by atoms with van der Waals surface area (Å²) >= 11 is 0. The maximum atomic E-state index is 11.1. The number of hydrogen-bond donors (Lipinski definition) is 1. The van der Waals surface area contributed by atoms with Gasteiger partial charge in [0.15, 0.2) is 0 Å². The normalized spacial score (nSPS) is 19.2. The van der Waals surface area contributed by atoms with Crippen LogP contribution in [0.4, 0.5) is 5.69 Å². The zero-order chi connectivity index (χ0) is 15.4. The van der Waals surface area contributed by atoms with Gasteiger partial charge in [-0.3, -0.25) is 10.1 Å². The lowest BCUT2D eigenvalue weighted by Crippen LogP contribution is -2.40. The molecule has 0 aliphatic carbocycles. The molecule has 1 unspecified atom stereocenters. The molecule has 0 saturated carbocycles. The van der Waals surface area contributed by atoms with Crippen LogP contribution in [0.25, 0.3) is 0 Å². The van der Waals surface area contributed by atoms with Gasteiger partial charge in [-0.1, -0.05) is 6.42 Å². The van der Waals surface area contributed by atoms with Crippen molar-refractivity contribution in [1.82, 2.24) is 4.90 Å². The van der Waals surface area contributed by atoms with E-state index < -0.39 is 16.6 Å². The van der Waals surface area contributed by atoms with Crippen LogP contribution in [0.2, 0.25) is 0 Å². The largest absolute Gasteiger partial charge is 0.492 e. The van der Waals surface area contributed by atoms with Gasteiger partial charge in [0, 0.05) is 18.2 Å². The Morgan fingerprint density at radius 3 is 2.90 bits per heavy atom. The lowest BCUT2D eigenvalue weighted by atomic mass is 10.0. The summed E-state index contributed by atoms with van der Waals surface area (Å²) in [4.78, 5) is 23.4. The quantitative estimate of drug-likeness (QED) is 0.660. The molecule has 7 heteroatoms. The third-order valence-electron chi connectivity index (χ3n) is 3.76. The van der Waals surface area contributed by atoms with Crippen molar-refractivity contribution in [2.24, 2.45) is 0 Å². The van der Waals surface area contributed by atoms with Crippen LogP contribution in [-0.4, -0.2) is 47.1 Å². The number of rotatable bonds is 5. The van der Waals surface area contributed by atoms with E-state index in [2.05, 4.69) is 4.90 Å². The Morgan fingerprint density at radius 1 is 1.52 bits per heavy atom. The smallest absolute Gasteiger partial charge is 0.342 e. The van der Waals surface area contributed by atoms with Crippen molar-refractivity contribution in [3.8, 4) is 5.75 Å². The number of nitro benzene ring substituents is 1. The summed E-state index contributed by atoms with van der Waals surface area (Å²) in [6.45, 7) is 1.47. The Labute approximate surface area is 122 Å². The van der Waals surface area contributed by atoms with Crippen LogP contribution in [-0.2, 0) is 0 Å². The Bertz CT molecular complexity index is 546. The number of ether oxygens (including phenoxy) is 1. The van der Waals surface area contributed by atoms with E-state index in [1.807, 2.05) is 7.05 Å². The highest BCUT2D eigenvalue weighted by Gasteiger charge is 2.22. The standard InChI is InChI=1S/C14H18N2O5/c1-15-7-3-2-4-10(15)9-21-11-5-6-13(16(19)20)12(8-11)14(17)18/h5-6,8,10H,2-4,7,9H2,1H3,(H,17,18). The van der Waals surface area contributed by atoms with Crippen molar-refractivity contribution in [1.29, 1.82) is 0 Å². The number of piperidine rings is 1. The molecule has 0 radical (unpaired) electrons. The number of hydrogen-bond acceptors (Lipinski definition) is 5. The minimum Gasteiger partial charge on any atom is -0.492 e. The number of carboxylic acid groups (broad SMARTS) is 1. The Balaban J connectivity index is 2.08. The number of likely N-dealkylation sites (tertiary alicyclic amines) is 1. The summed E-state index contributed by atoms with van der Waals surface area (Å²) < 4.78 is 5.61. The highest BCUT2D eigenvalue weighted by atomic mass is 16.6. The Morgan fingerprint density at radius 2 is 2.29 bits per heavy atom. The summed E-state index contributed by atoms with van der Waals surface area (Å²) in [7, 11) is 2.03. The van der Waals surface area contributed by atoms with Crippen LogP contribution in [0.5, 0.6) is 5.75 Å². The molecule has 7 nitrogen and oxygen atoms in total. The Kier molecular flexibility index (Phi) is 4.74. The van der Waals surface area contributed by atoms with Gasteiger partial charge in [-0.2, -0.15) is 0 Å². The van der Waals surface area contributed by atoms with Gasteiger partial charge in [-0.05, 0) is 32.5 Å². The average Bonchev–Trinajstić information content (AvgIpc) is 2.46. The summed E-state index contributed by atoms with van der Waals surface area (Å²) in [5, 5.41) is 19.8. The van der Waals surface area contributed by atoms with Gasteiger partial charge in [-0.25, -0.2) is 4.79 Å². The Hall–Kier alpha value is -2.15. The van der Waals surface area contributed by atoms with Crippen LogP contribution in [0.1, 0.15) is 29.6 Å². The first-order valence-corrected chi connectivity index (χ1v) is 6.84. The third-order valence-corrected chi connectivity index (χ3v) is 3.76. The number of likely N-dealkylation sites (N-methyl/N-ethyl adjacent to an activating group) is 1. The van der Waals surface area contributed by atoms with Crippen molar-refractivity contribution in [2.45, 2.75) is 25.3 Å². The van der Waals surface area contributed by atoms with Crippen LogP contribution in [0.3, 0.4) is 0 Å². The molecule has 1 saturated heterocycles. The molecule has 1 aromatic rings. The number of aromatic carboxylic acids is 1. The topological polar surface area (TPSA) is 92.9 Å². The number of carbonyl (C=O) groups is 1. The van der Waals surface area contributed by atoms with E-state index in [9.17, 15) is 14.9 Å². The molecular formula is C14H18N2O5. The molecule has 1 N–H and O–H groups in total. The highest BCUT2D eigenvalue weighted by molar-refractivity contribution is 5.92. The molecule has 1 atom stereocenters. The van der Waals surface area contributed by atoms with Crippen LogP contribution in [0, 0.1) is 10.1 Å². The minimum atomic E-state index is -1.33. The van der Waals surface area contributed by atoms with Crippen molar-refractivity contribution >= 4 is 11.7 Å².